The average Bonchev–Trinajstić information content (AvgIpc) is 2.53. The van der Waals surface area contributed by atoms with Gasteiger partial charge < -0.3 is 19.5 Å². The van der Waals surface area contributed by atoms with Gasteiger partial charge >= 0.3 is 5.97 Å². The Hall–Kier alpha value is -1.82. The van der Waals surface area contributed by atoms with E-state index in [1.807, 2.05) is 0 Å². The summed E-state index contributed by atoms with van der Waals surface area (Å²) < 4.78 is 15.5. The molecule has 2 unspecified atom stereocenters. The molecule has 2 rings (SSSR count). The summed E-state index contributed by atoms with van der Waals surface area (Å²) in [5, 5.41) is 3.39. The number of esters is 1. The number of hydrogen-bond donors (Lipinski definition) is 1. The van der Waals surface area contributed by atoms with E-state index in [2.05, 4.69) is 31.1 Å². The summed E-state index contributed by atoms with van der Waals surface area (Å²) in [4.78, 5) is 16.0. The Balaban J connectivity index is 2.17. The molecule has 1 aliphatic rings. The van der Waals surface area contributed by atoms with Gasteiger partial charge in [0.1, 0.15) is 11.4 Å². The summed E-state index contributed by atoms with van der Waals surface area (Å²) in [6.45, 7) is 6.44. The third-order valence-corrected chi connectivity index (χ3v) is 5.06. The van der Waals surface area contributed by atoms with Gasteiger partial charge in [-0.2, -0.15) is 4.98 Å². The van der Waals surface area contributed by atoms with Gasteiger partial charge in [-0.05, 0) is 25.5 Å². The first-order chi connectivity index (χ1) is 10.3. The van der Waals surface area contributed by atoms with E-state index >= 15 is 0 Å². The van der Waals surface area contributed by atoms with Crippen molar-refractivity contribution >= 4 is 11.8 Å². The zero-order chi connectivity index (χ0) is 16.5. The molecular formula is C16H24N2O4. The molecule has 2 atom stereocenters. The first kappa shape index (κ1) is 16.5. The molecule has 1 aliphatic carbocycles. The third kappa shape index (κ3) is 2.52. The maximum absolute atomic E-state index is 11.6. The molecule has 6 heteroatoms. The lowest BCUT2D eigenvalue weighted by Gasteiger charge is -2.59. The minimum absolute atomic E-state index is 0.0301. The monoisotopic (exact) mass is 308 g/mol. The van der Waals surface area contributed by atoms with Crippen LogP contribution in [-0.4, -0.2) is 43.9 Å². The van der Waals surface area contributed by atoms with Crippen molar-refractivity contribution in [2.75, 3.05) is 26.6 Å². The van der Waals surface area contributed by atoms with Crippen LogP contribution in [-0.2, 0) is 9.47 Å². The normalized spacial score (nSPS) is 26.0. The van der Waals surface area contributed by atoms with Crippen LogP contribution in [0, 0.1) is 5.41 Å². The van der Waals surface area contributed by atoms with Crippen molar-refractivity contribution < 1.29 is 19.0 Å². The molecule has 0 saturated heterocycles. The van der Waals surface area contributed by atoms with Crippen LogP contribution in [0.25, 0.3) is 0 Å². The Morgan fingerprint density at radius 1 is 1.27 bits per heavy atom. The molecule has 122 valence electrons. The number of carbonyl (C=O) groups is 1. The number of carbonyl (C=O) groups excluding carboxylic acids is 1. The molecular weight excluding hydrogens is 284 g/mol. The summed E-state index contributed by atoms with van der Waals surface area (Å²) in [5.74, 6) is 0.455. The van der Waals surface area contributed by atoms with E-state index in [1.165, 1.54) is 14.2 Å². The second-order valence-electron chi connectivity index (χ2n) is 6.30. The van der Waals surface area contributed by atoms with Gasteiger partial charge in [0.25, 0.3) is 0 Å². The standard InChI is InChI=1S/C16H24N2O4/c1-15(2)11(9-16(15,3)22-6)17-12-8-7-10(14(19)21-5)13(18-12)20-4/h7-8,11H,9H2,1-6H3,(H,17,18). The summed E-state index contributed by atoms with van der Waals surface area (Å²) in [5.41, 5.74) is 0.128. The third-order valence-electron chi connectivity index (χ3n) is 5.06. The van der Waals surface area contributed by atoms with Gasteiger partial charge in [0.05, 0.1) is 19.8 Å². The molecule has 1 N–H and O–H groups in total. The summed E-state index contributed by atoms with van der Waals surface area (Å²) >= 11 is 0. The van der Waals surface area contributed by atoms with Crippen molar-refractivity contribution in [1.82, 2.24) is 4.98 Å². The SMILES string of the molecule is COC(=O)c1ccc(NC2CC(C)(OC)C2(C)C)nc1OC. The van der Waals surface area contributed by atoms with Crippen LogP contribution in [0.1, 0.15) is 37.6 Å². The fourth-order valence-electron chi connectivity index (χ4n) is 2.84. The summed E-state index contributed by atoms with van der Waals surface area (Å²) in [6.07, 6.45) is 0.888. The Kier molecular flexibility index (Phi) is 4.33. The zero-order valence-corrected chi connectivity index (χ0v) is 14.0. The van der Waals surface area contributed by atoms with E-state index in [9.17, 15) is 4.79 Å². The van der Waals surface area contributed by atoms with E-state index in [4.69, 9.17) is 14.2 Å². The van der Waals surface area contributed by atoms with E-state index in [0.717, 1.165) is 6.42 Å². The smallest absolute Gasteiger partial charge is 0.343 e. The molecule has 6 nitrogen and oxygen atoms in total. The van der Waals surface area contributed by atoms with E-state index in [0.29, 0.717) is 11.4 Å². The molecule has 0 bridgehead atoms. The second kappa shape index (κ2) is 5.76. The second-order valence-corrected chi connectivity index (χ2v) is 6.30. The molecule has 22 heavy (non-hydrogen) atoms. The molecule has 0 amide bonds. The van der Waals surface area contributed by atoms with Crippen LogP contribution in [0.3, 0.4) is 0 Å². The van der Waals surface area contributed by atoms with Gasteiger partial charge in [0.2, 0.25) is 5.88 Å². The van der Waals surface area contributed by atoms with Crippen LogP contribution >= 0.6 is 0 Å². The van der Waals surface area contributed by atoms with Gasteiger partial charge in [-0.3, -0.25) is 0 Å². The number of nitrogens with one attached hydrogen (secondary N) is 1. The Morgan fingerprint density at radius 3 is 2.45 bits per heavy atom. The van der Waals surface area contributed by atoms with Gasteiger partial charge in [0, 0.05) is 18.6 Å². The first-order valence-corrected chi connectivity index (χ1v) is 7.24. The van der Waals surface area contributed by atoms with Gasteiger partial charge in [-0.1, -0.05) is 13.8 Å². The maximum atomic E-state index is 11.6. The van der Waals surface area contributed by atoms with Crippen LogP contribution in [0.5, 0.6) is 5.88 Å². The predicted molar refractivity (Wildman–Crippen MR) is 83.4 cm³/mol. The molecule has 0 spiro atoms. The lowest BCUT2D eigenvalue weighted by Crippen LogP contribution is -2.65. The lowest BCUT2D eigenvalue weighted by molar-refractivity contribution is -0.166. The molecule has 1 heterocycles. The van der Waals surface area contributed by atoms with Gasteiger partial charge in [0.15, 0.2) is 0 Å². The zero-order valence-electron chi connectivity index (χ0n) is 14.0. The van der Waals surface area contributed by atoms with E-state index < -0.39 is 5.97 Å². The molecule has 0 aromatic carbocycles. The lowest BCUT2D eigenvalue weighted by atomic mass is 9.56. The fraction of sp³-hybridized carbons (Fsp3) is 0.625. The van der Waals surface area contributed by atoms with Crippen molar-refractivity contribution in [1.29, 1.82) is 0 Å². The quantitative estimate of drug-likeness (QED) is 0.843. The number of anilines is 1. The predicted octanol–water partition coefficient (Wildman–Crippen LogP) is 2.49. The van der Waals surface area contributed by atoms with E-state index in [1.54, 1.807) is 19.2 Å². The van der Waals surface area contributed by atoms with Crippen LogP contribution < -0.4 is 10.1 Å². The van der Waals surface area contributed by atoms with Crippen LogP contribution in [0.4, 0.5) is 5.82 Å². The van der Waals surface area contributed by atoms with Crippen molar-refractivity contribution in [3.8, 4) is 5.88 Å². The van der Waals surface area contributed by atoms with Crippen LogP contribution in [0.15, 0.2) is 12.1 Å². The number of aromatic nitrogens is 1. The Bertz CT molecular complexity index is 573. The topological polar surface area (TPSA) is 69.7 Å². The van der Waals surface area contributed by atoms with Crippen molar-refractivity contribution in [3.63, 3.8) is 0 Å². The van der Waals surface area contributed by atoms with Gasteiger partial charge in [-0.15, -0.1) is 0 Å². The van der Waals surface area contributed by atoms with Crippen LogP contribution in [0.2, 0.25) is 0 Å². The summed E-state index contributed by atoms with van der Waals surface area (Å²) in [6, 6.07) is 3.65. The highest BCUT2D eigenvalue weighted by molar-refractivity contribution is 5.92. The molecule has 0 radical (unpaired) electrons. The van der Waals surface area contributed by atoms with E-state index in [-0.39, 0.29) is 22.9 Å². The van der Waals surface area contributed by atoms with Crippen molar-refractivity contribution in [3.05, 3.63) is 17.7 Å². The fourth-order valence-corrected chi connectivity index (χ4v) is 2.84. The van der Waals surface area contributed by atoms with Crippen molar-refractivity contribution in [2.24, 2.45) is 5.41 Å². The highest BCUT2D eigenvalue weighted by atomic mass is 16.5. The number of pyridine rings is 1. The first-order valence-electron chi connectivity index (χ1n) is 7.24. The Labute approximate surface area is 131 Å². The number of rotatable bonds is 5. The maximum Gasteiger partial charge on any atom is 0.343 e. The average molecular weight is 308 g/mol. The highest BCUT2D eigenvalue weighted by Gasteiger charge is 2.57. The summed E-state index contributed by atoms with van der Waals surface area (Å²) in [7, 11) is 4.55. The largest absolute Gasteiger partial charge is 0.480 e. The number of hydrogen-bond acceptors (Lipinski definition) is 6. The molecule has 0 aliphatic heterocycles. The number of methoxy groups -OCH3 is 3. The highest BCUT2D eigenvalue weighted by Crippen LogP contribution is 2.52. The minimum atomic E-state index is -0.466. The minimum Gasteiger partial charge on any atom is -0.480 e. The molecule has 1 saturated carbocycles. The number of ether oxygens (including phenoxy) is 3. The molecule has 1 aromatic heterocycles. The van der Waals surface area contributed by atoms with Gasteiger partial charge in [-0.25, -0.2) is 4.79 Å². The Morgan fingerprint density at radius 2 is 1.95 bits per heavy atom. The molecule has 1 fully saturated rings. The van der Waals surface area contributed by atoms with Crippen molar-refractivity contribution in [2.45, 2.75) is 38.8 Å². The molecule has 1 aromatic rings. The number of nitrogens with zero attached hydrogens (tertiary/aromatic N) is 1.